The maximum absolute atomic E-state index is 12.4. The van der Waals surface area contributed by atoms with Crippen molar-refractivity contribution in [1.29, 1.82) is 0 Å². The lowest BCUT2D eigenvalue weighted by Gasteiger charge is -2.25. The zero-order valence-electron chi connectivity index (χ0n) is 15.3. The molecule has 2 aliphatic rings. The number of carbonyl (C=O) groups excluding carboxylic acids is 2. The van der Waals surface area contributed by atoms with Crippen LogP contribution in [0.2, 0.25) is 0 Å². The molecule has 0 radical (unpaired) electrons. The Hall–Kier alpha value is -2.14. The van der Waals surface area contributed by atoms with Gasteiger partial charge in [0.15, 0.2) is 0 Å². The van der Waals surface area contributed by atoms with E-state index in [4.69, 9.17) is 5.73 Å². The Morgan fingerprint density at radius 1 is 1.15 bits per heavy atom. The highest BCUT2D eigenvalue weighted by molar-refractivity contribution is 5.90. The number of likely N-dealkylation sites (tertiary alicyclic amines) is 1. The highest BCUT2D eigenvalue weighted by Crippen LogP contribution is 2.32. The third kappa shape index (κ3) is 5.18. The molecular formula is C21H29N3O2. The van der Waals surface area contributed by atoms with E-state index < -0.39 is 5.54 Å². The number of nitrogens with zero attached hydrogens (tertiary/aromatic N) is 1. The van der Waals surface area contributed by atoms with Gasteiger partial charge >= 0.3 is 0 Å². The normalized spacial score (nSPS) is 20.0. The Labute approximate surface area is 155 Å². The highest BCUT2D eigenvalue weighted by Gasteiger charge is 2.46. The number of benzene rings is 1. The quantitative estimate of drug-likeness (QED) is 0.736. The monoisotopic (exact) mass is 355 g/mol. The van der Waals surface area contributed by atoms with E-state index in [0.29, 0.717) is 0 Å². The molecule has 0 spiro atoms. The molecule has 0 bridgehead atoms. The second-order valence-electron chi connectivity index (χ2n) is 7.51. The maximum atomic E-state index is 12.4. The van der Waals surface area contributed by atoms with E-state index in [1.54, 1.807) is 6.08 Å². The van der Waals surface area contributed by atoms with Crippen LogP contribution in [0.5, 0.6) is 0 Å². The van der Waals surface area contributed by atoms with E-state index in [2.05, 4.69) is 17.4 Å². The molecule has 2 fully saturated rings. The molecule has 1 saturated carbocycles. The van der Waals surface area contributed by atoms with Gasteiger partial charge in [-0.25, -0.2) is 0 Å². The van der Waals surface area contributed by atoms with Gasteiger partial charge in [0.05, 0.1) is 5.54 Å². The summed E-state index contributed by atoms with van der Waals surface area (Å²) in [6.45, 7) is 1.66. The summed E-state index contributed by atoms with van der Waals surface area (Å²) in [5.41, 5.74) is 6.53. The van der Waals surface area contributed by atoms with Gasteiger partial charge in [-0.2, -0.15) is 0 Å². The number of aryl methyl sites for hydroxylation is 1. The predicted octanol–water partition coefficient (Wildman–Crippen LogP) is 2.16. The first kappa shape index (κ1) is 18.6. The summed E-state index contributed by atoms with van der Waals surface area (Å²) in [5, 5.41) is 3.03. The lowest BCUT2D eigenvalue weighted by atomic mass is 10.0. The van der Waals surface area contributed by atoms with Gasteiger partial charge in [-0.15, -0.1) is 0 Å². The fraction of sp³-hybridized carbons (Fsp3) is 0.524. The number of nitrogens with one attached hydrogen (secondary N) is 1. The van der Waals surface area contributed by atoms with Crippen LogP contribution in [0.25, 0.3) is 0 Å². The Morgan fingerprint density at radius 2 is 1.85 bits per heavy atom. The van der Waals surface area contributed by atoms with Gasteiger partial charge in [-0.05, 0) is 50.5 Å². The Morgan fingerprint density at radius 3 is 2.50 bits per heavy atom. The van der Waals surface area contributed by atoms with Crippen LogP contribution in [0, 0.1) is 0 Å². The zero-order valence-corrected chi connectivity index (χ0v) is 15.3. The molecule has 1 aromatic carbocycles. The topological polar surface area (TPSA) is 75.4 Å². The number of piperidine rings is 1. The van der Waals surface area contributed by atoms with Crippen molar-refractivity contribution in [2.24, 2.45) is 5.73 Å². The van der Waals surface area contributed by atoms with Crippen molar-refractivity contribution < 1.29 is 9.59 Å². The summed E-state index contributed by atoms with van der Waals surface area (Å²) >= 11 is 0. The van der Waals surface area contributed by atoms with Crippen LogP contribution >= 0.6 is 0 Å². The number of carbonyl (C=O) groups is 2. The van der Waals surface area contributed by atoms with Gasteiger partial charge in [-0.1, -0.05) is 36.4 Å². The molecule has 26 heavy (non-hydrogen) atoms. The van der Waals surface area contributed by atoms with E-state index in [1.165, 1.54) is 12.0 Å². The van der Waals surface area contributed by atoms with Crippen molar-refractivity contribution in [1.82, 2.24) is 10.2 Å². The molecule has 3 rings (SSSR count). The van der Waals surface area contributed by atoms with E-state index in [1.807, 2.05) is 29.2 Å². The van der Waals surface area contributed by atoms with Crippen molar-refractivity contribution in [3.63, 3.8) is 0 Å². The van der Waals surface area contributed by atoms with Gasteiger partial charge in [0, 0.05) is 25.2 Å². The Bertz CT molecular complexity index is 646. The van der Waals surface area contributed by atoms with Crippen LogP contribution in [0.1, 0.15) is 44.1 Å². The summed E-state index contributed by atoms with van der Waals surface area (Å²) in [7, 11) is 0. The van der Waals surface area contributed by atoms with Crippen molar-refractivity contribution in [3.8, 4) is 0 Å². The smallest absolute Gasteiger partial charge is 0.246 e. The molecule has 1 saturated heterocycles. The molecule has 0 unspecified atom stereocenters. The molecule has 5 nitrogen and oxygen atoms in total. The lowest BCUT2D eigenvalue weighted by Crippen LogP contribution is -2.46. The van der Waals surface area contributed by atoms with Crippen LogP contribution in [-0.2, 0) is 16.0 Å². The van der Waals surface area contributed by atoms with Gasteiger partial charge in [0.1, 0.15) is 0 Å². The first-order valence-electron chi connectivity index (χ1n) is 9.68. The molecule has 1 aromatic rings. The van der Waals surface area contributed by atoms with Crippen molar-refractivity contribution in [3.05, 3.63) is 48.0 Å². The Kier molecular flexibility index (Phi) is 6.09. The number of nitrogens with two attached hydrogens (primary N) is 1. The molecule has 2 amide bonds. The summed E-state index contributed by atoms with van der Waals surface area (Å²) < 4.78 is 0. The van der Waals surface area contributed by atoms with Crippen molar-refractivity contribution in [2.45, 2.75) is 56.5 Å². The summed E-state index contributed by atoms with van der Waals surface area (Å²) in [4.78, 5) is 26.6. The van der Waals surface area contributed by atoms with Crippen LogP contribution in [0.15, 0.2) is 42.5 Å². The average Bonchev–Trinajstić information content (AvgIpc) is 3.44. The van der Waals surface area contributed by atoms with Gasteiger partial charge in [-0.3, -0.25) is 9.59 Å². The first-order valence-corrected chi connectivity index (χ1v) is 9.68. The second kappa shape index (κ2) is 8.49. The molecule has 1 heterocycles. The molecule has 0 aromatic heterocycles. The van der Waals surface area contributed by atoms with E-state index >= 15 is 0 Å². The van der Waals surface area contributed by atoms with Crippen LogP contribution in [-0.4, -0.2) is 41.4 Å². The molecule has 5 heteroatoms. The van der Waals surface area contributed by atoms with E-state index in [-0.39, 0.29) is 17.9 Å². The number of amides is 2. The lowest BCUT2D eigenvalue weighted by molar-refractivity contribution is -0.127. The van der Waals surface area contributed by atoms with Crippen LogP contribution in [0.4, 0.5) is 0 Å². The van der Waals surface area contributed by atoms with Gasteiger partial charge in [0.25, 0.3) is 0 Å². The third-order valence-corrected chi connectivity index (χ3v) is 5.28. The molecule has 3 N–H and O–H groups in total. The third-order valence-electron chi connectivity index (χ3n) is 5.28. The van der Waals surface area contributed by atoms with Crippen LogP contribution < -0.4 is 11.1 Å². The van der Waals surface area contributed by atoms with Crippen molar-refractivity contribution >= 4 is 11.8 Å². The fourth-order valence-electron chi connectivity index (χ4n) is 3.28. The zero-order chi connectivity index (χ0) is 18.4. The minimum atomic E-state index is -0.699. The summed E-state index contributed by atoms with van der Waals surface area (Å²) in [5.74, 6) is -0.0665. The predicted molar refractivity (Wildman–Crippen MR) is 102 cm³/mol. The Balaban J connectivity index is 1.60. The minimum Gasteiger partial charge on any atom is -0.348 e. The van der Waals surface area contributed by atoms with Crippen LogP contribution in [0.3, 0.4) is 0 Å². The number of hydrogen-bond acceptors (Lipinski definition) is 3. The molecule has 140 valence electrons. The maximum Gasteiger partial charge on any atom is 0.246 e. The van der Waals surface area contributed by atoms with E-state index in [9.17, 15) is 9.59 Å². The summed E-state index contributed by atoms with van der Waals surface area (Å²) in [6, 6.07) is 9.98. The van der Waals surface area contributed by atoms with Gasteiger partial charge < -0.3 is 16.0 Å². The standard InChI is InChI=1S/C21H29N3O2/c22-21(13-14-21)20(26)23-18(10-9-17-7-3-1-4-8-17)11-12-19(25)24-15-5-2-6-16-24/h1,3-4,7-8,11-12,18H,2,5-6,9-10,13-16,22H2,(H,23,26)/b12-11+/t18-/m0/s1. The number of rotatable bonds is 7. The van der Waals surface area contributed by atoms with E-state index in [0.717, 1.165) is 51.6 Å². The fourth-order valence-corrected chi connectivity index (χ4v) is 3.28. The number of hydrogen-bond donors (Lipinski definition) is 2. The summed E-state index contributed by atoms with van der Waals surface area (Å²) in [6.07, 6.45) is 9.86. The second-order valence-corrected chi connectivity index (χ2v) is 7.51. The largest absolute Gasteiger partial charge is 0.348 e. The average molecular weight is 355 g/mol. The highest BCUT2D eigenvalue weighted by atomic mass is 16.2. The van der Waals surface area contributed by atoms with Crippen molar-refractivity contribution in [2.75, 3.05) is 13.1 Å². The minimum absolute atomic E-state index is 0.0394. The molecule has 1 aliphatic carbocycles. The first-order chi connectivity index (χ1) is 12.6. The SMILES string of the molecule is NC1(C(=O)N[C@H](/C=C/C(=O)N2CCCCC2)CCc2ccccc2)CC1. The molecular weight excluding hydrogens is 326 g/mol. The molecule has 1 aliphatic heterocycles. The molecule has 1 atom stereocenters. The van der Waals surface area contributed by atoms with Gasteiger partial charge in [0.2, 0.25) is 11.8 Å².